The highest BCUT2D eigenvalue weighted by atomic mass is 16.2. The SMILES string of the molecule is CC1(C)[C@@H]2CC[C@]1(C)[C@H](NC1=NC(=Cc3c[nH]c4ncccc34)C(=O)N1)C2. The van der Waals surface area contributed by atoms with Crippen LogP contribution in [0.5, 0.6) is 0 Å². The van der Waals surface area contributed by atoms with Crippen LogP contribution in [0.2, 0.25) is 0 Å². The zero-order valence-electron chi connectivity index (χ0n) is 16.0. The van der Waals surface area contributed by atoms with Crippen LogP contribution < -0.4 is 10.6 Å². The first-order valence-electron chi connectivity index (χ1n) is 9.69. The number of nitrogens with one attached hydrogen (secondary N) is 3. The molecule has 0 aromatic carbocycles. The van der Waals surface area contributed by atoms with Crippen molar-refractivity contribution in [2.75, 3.05) is 0 Å². The molecule has 3 N–H and O–H groups in total. The van der Waals surface area contributed by atoms with Gasteiger partial charge in [-0.25, -0.2) is 9.98 Å². The van der Waals surface area contributed by atoms with Gasteiger partial charge >= 0.3 is 0 Å². The molecule has 2 aliphatic carbocycles. The Bertz CT molecular complexity index is 1000. The van der Waals surface area contributed by atoms with E-state index in [4.69, 9.17) is 0 Å². The van der Waals surface area contributed by atoms with E-state index >= 15 is 0 Å². The maximum Gasteiger partial charge on any atom is 0.276 e. The first kappa shape index (κ1) is 16.5. The summed E-state index contributed by atoms with van der Waals surface area (Å²) < 4.78 is 0. The molecule has 0 saturated heterocycles. The second kappa shape index (κ2) is 5.44. The number of carbonyl (C=O) groups is 1. The number of fused-ring (bicyclic) bond motifs is 3. The summed E-state index contributed by atoms with van der Waals surface area (Å²) in [4.78, 5) is 24.4. The van der Waals surface area contributed by atoms with Gasteiger partial charge in [0.2, 0.25) is 5.96 Å². The summed E-state index contributed by atoms with van der Waals surface area (Å²) in [5.41, 5.74) is 2.71. The first-order chi connectivity index (χ1) is 12.9. The molecule has 6 nitrogen and oxygen atoms in total. The lowest BCUT2D eigenvalue weighted by Crippen LogP contribution is -2.50. The van der Waals surface area contributed by atoms with Crippen LogP contribution in [0.15, 0.2) is 35.2 Å². The van der Waals surface area contributed by atoms with Crippen molar-refractivity contribution in [3.8, 4) is 0 Å². The highest BCUT2D eigenvalue weighted by molar-refractivity contribution is 6.14. The van der Waals surface area contributed by atoms with E-state index in [-0.39, 0.29) is 11.3 Å². The number of carbonyl (C=O) groups excluding carboxylic acids is 1. The minimum atomic E-state index is -0.164. The third-order valence-corrected chi connectivity index (χ3v) is 7.58. The molecule has 3 aliphatic rings. The van der Waals surface area contributed by atoms with Crippen LogP contribution in [0.1, 0.15) is 45.6 Å². The van der Waals surface area contributed by atoms with Crippen LogP contribution in [0.3, 0.4) is 0 Å². The second-order valence-electron chi connectivity index (χ2n) is 8.90. The van der Waals surface area contributed by atoms with Crippen molar-refractivity contribution in [3.05, 3.63) is 35.8 Å². The monoisotopic (exact) mass is 363 g/mol. The van der Waals surface area contributed by atoms with Crippen molar-refractivity contribution >= 4 is 29.0 Å². The van der Waals surface area contributed by atoms with Gasteiger partial charge in [-0.1, -0.05) is 20.8 Å². The number of rotatable bonds is 2. The smallest absolute Gasteiger partial charge is 0.276 e. The lowest BCUT2D eigenvalue weighted by molar-refractivity contribution is -0.115. The van der Waals surface area contributed by atoms with E-state index in [9.17, 15) is 4.79 Å². The Kier molecular flexibility index (Phi) is 3.33. The molecule has 0 spiro atoms. The average Bonchev–Trinajstić information content (AvgIpc) is 3.30. The van der Waals surface area contributed by atoms with Crippen molar-refractivity contribution in [2.24, 2.45) is 21.7 Å². The summed E-state index contributed by atoms with van der Waals surface area (Å²) in [6, 6.07) is 4.22. The van der Waals surface area contributed by atoms with Gasteiger partial charge in [0.1, 0.15) is 11.3 Å². The Morgan fingerprint density at radius 2 is 2.19 bits per heavy atom. The number of aliphatic imine (C=N–C) groups is 1. The summed E-state index contributed by atoms with van der Waals surface area (Å²) in [7, 11) is 0. The van der Waals surface area contributed by atoms with E-state index in [0.717, 1.165) is 28.9 Å². The van der Waals surface area contributed by atoms with Crippen LogP contribution in [-0.4, -0.2) is 27.9 Å². The predicted molar refractivity (Wildman–Crippen MR) is 106 cm³/mol. The zero-order valence-corrected chi connectivity index (χ0v) is 16.0. The third kappa shape index (κ3) is 2.28. The largest absolute Gasteiger partial charge is 0.352 e. The van der Waals surface area contributed by atoms with Gasteiger partial charge in [-0.15, -0.1) is 0 Å². The molecule has 2 aromatic rings. The van der Waals surface area contributed by atoms with Gasteiger partial charge < -0.3 is 10.3 Å². The number of nitrogens with zero attached hydrogens (tertiary/aromatic N) is 2. The molecule has 6 heteroatoms. The van der Waals surface area contributed by atoms with Crippen LogP contribution >= 0.6 is 0 Å². The molecule has 0 unspecified atom stereocenters. The van der Waals surface area contributed by atoms with Gasteiger partial charge in [0.05, 0.1) is 0 Å². The van der Waals surface area contributed by atoms with Gasteiger partial charge in [0.15, 0.2) is 0 Å². The molecule has 2 bridgehead atoms. The fraction of sp³-hybridized carbons (Fsp3) is 0.476. The Balaban J connectivity index is 1.41. The summed E-state index contributed by atoms with van der Waals surface area (Å²) in [5, 5.41) is 7.42. The standard InChI is InChI=1S/C21H25N5O/c1-20(2)13-6-7-21(20,3)16(10-13)25-19-24-15(18(27)26-19)9-12-11-23-17-14(12)5-4-8-22-17/h4-5,8-9,11,13,16H,6-7,10H2,1-3H3,(H,22,23)(H2,24,25,26,27)/t13-,16-,21-/m1/s1. The fourth-order valence-electron chi connectivity index (χ4n) is 5.37. The number of hydrogen-bond acceptors (Lipinski definition) is 4. The van der Waals surface area contributed by atoms with Crippen LogP contribution in [-0.2, 0) is 4.79 Å². The molecule has 3 heterocycles. The molecular weight excluding hydrogens is 338 g/mol. The van der Waals surface area contributed by atoms with E-state index in [1.807, 2.05) is 24.4 Å². The number of guanidine groups is 1. The van der Waals surface area contributed by atoms with E-state index in [1.54, 1.807) is 6.20 Å². The quantitative estimate of drug-likeness (QED) is 0.717. The predicted octanol–water partition coefficient (Wildman–Crippen LogP) is 3.19. The summed E-state index contributed by atoms with van der Waals surface area (Å²) >= 11 is 0. The normalized spacial score (nSPS) is 32.9. The highest BCUT2D eigenvalue weighted by Gasteiger charge is 2.61. The summed E-state index contributed by atoms with van der Waals surface area (Å²) in [5.74, 6) is 1.16. The first-order valence-corrected chi connectivity index (χ1v) is 9.69. The Morgan fingerprint density at radius 3 is 2.93 bits per heavy atom. The molecule has 1 amide bonds. The molecule has 0 radical (unpaired) electrons. The highest BCUT2D eigenvalue weighted by Crippen LogP contribution is 2.65. The van der Waals surface area contributed by atoms with Crippen LogP contribution in [0.25, 0.3) is 17.1 Å². The number of aromatic amines is 1. The summed E-state index contributed by atoms with van der Waals surface area (Å²) in [6.07, 6.45) is 9.10. The molecule has 2 aromatic heterocycles. The van der Waals surface area contributed by atoms with Gasteiger partial charge in [0, 0.05) is 29.4 Å². The van der Waals surface area contributed by atoms with E-state index in [1.165, 1.54) is 12.8 Å². The van der Waals surface area contributed by atoms with Crippen molar-refractivity contribution in [1.29, 1.82) is 0 Å². The topological polar surface area (TPSA) is 82.2 Å². The summed E-state index contributed by atoms with van der Waals surface area (Å²) in [6.45, 7) is 7.15. The van der Waals surface area contributed by atoms with Gasteiger partial charge in [0.25, 0.3) is 5.91 Å². The van der Waals surface area contributed by atoms with Crippen LogP contribution in [0.4, 0.5) is 0 Å². The Labute approximate surface area is 158 Å². The second-order valence-corrected chi connectivity index (χ2v) is 8.90. The van der Waals surface area contributed by atoms with Crippen molar-refractivity contribution in [2.45, 2.75) is 46.1 Å². The minimum absolute atomic E-state index is 0.164. The molecule has 2 fully saturated rings. The van der Waals surface area contributed by atoms with Gasteiger partial charge in [-0.3, -0.25) is 10.1 Å². The number of pyridine rings is 1. The molecule has 140 valence electrons. The molecule has 27 heavy (non-hydrogen) atoms. The van der Waals surface area contributed by atoms with E-state index in [0.29, 0.717) is 23.1 Å². The zero-order chi connectivity index (χ0) is 18.8. The lowest BCUT2D eigenvalue weighted by Gasteiger charge is -2.39. The van der Waals surface area contributed by atoms with Gasteiger partial charge in [-0.05, 0) is 54.2 Å². The number of amides is 1. The van der Waals surface area contributed by atoms with Gasteiger partial charge in [-0.2, -0.15) is 0 Å². The molecule has 5 rings (SSSR count). The number of H-pyrrole nitrogens is 1. The maximum atomic E-state index is 12.4. The third-order valence-electron chi connectivity index (χ3n) is 7.58. The Morgan fingerprint density at radius 1 is 1.33 bits per heavy atom. The van der Waals surface area contributed by atoms with E-state index < -0.39 is 0 Å². The maximum absolute atomic E-state index is 12.4. The number of hydrogen-bond donors (Lipinski definition) is 3. The van der Waals surface area contributed by atoms with E-state index in [2.05, 4.69) is 46.4 Å². The molecule has 1 aliphatic heterocycles. The lowest BCUT2D eigenvalue weighted by atomic mass is 9.69. The number of aromatic nitrogens is 2. The molecule has 3 atom stereocenters. The van der Waals surface area contributed by atoms with Crippen molar-refractivity contribution < 1.29 is 4.79 Å². The average molecular weight is 363 g/mol. The van der Waals surface area contributed by atoms with Crippen molar-refractivity contribution in [1.82, 2.24) is 20.6 Å². The van der Waals surface area contributed by atoms with Crippen LogP contribution in [0, 0.1) is 16.7 Å². The fourth-order valence-corrected chi connectivity index (χ4v) is 5.37. The Hall–Kier alpha value is -2.63. The van der Waals surface area contributed by atoms with Crippen molar-refractivity contribution in [3.63, 3.8) is 0 Å². The molecule has 2 saturated carbocycles. The minimum Gasteiger partial charge on any atom is -0.352 e. The molecular formula is C21H25N5O.